The van der Waals surface area contributed by atoms with E-state index in [4.69, 9.17) is 37.7 Å². The van der Waals surface area contributed by atoms with E-state index in [9.17, 15) is 0 Å². The maximum Gasteiger partial charge on any atom is 0.136 e. The monoisotopic (exact) mass is 476 g/mol. The molecule has 0 spiro atoms. The van der Waals surface area contributed by atoms with E-state index in [0.717, 1.165) is 32.8 Å². The number of imidazole rings is 1. The molecule has 0 saturated heterocycles. The number of aromatic nitrogens is 2. The molecule has 7 heteroatoms. The number of nitrogens with zero attached hydrogens (tertiary/aromatic N) is 2. The topological polar surface area (TPSA) is 36.3 Å². The van der Waals surface area contributed by atoms with E-state index in [1.54, 1.807) is 24.9 Å². The first kappa shape index (κ1) is 23.7. The highest BCUT2D eigenvalue weighted by molar-refractivity contribution is 7.99. The Labute approximate surface area is 198 Å². The molecule has 0 unspecified atom stereocenters. The van der Waals surface area contributed by atoms with Gasteiger partial charge in [0, 0.05) is 21.5 Å². The van der Waals surface area contributed by atoms with Gasteiger partial charge in [0.2, 0.25) is 0 Å². The molecule has 0 N–H and O–H groups in total. The van der Waals surface area contributed by atoms with Crippen molar-refractivity contribution in [1.82, 2.24) is 9.55 Å². The van der Waals surface area contributed by atoms with Crippen LogP contribution in [0.2, 0.25) is 10.0 Å². The maximum absolute atomic E-state index is 6.21. The summed E-state index contributed by atoms with van der Waals surface area (Å²) in [6, 6.07) is 13.4. The number of hydrogen-bond acceptors (Lipinski definition) is 4. The summed E-state index contributed by atoms with van der Waals surface area (Å²) in [5.74, 6) is 1.95. The Morgan fingerprint density at radius 3 is 2.35 bits per heavy atom. The molecule has 0 fully saturated rings. The van der Waals surface area contributed by atoms with Crippen LogP contribution in [0.1, 0.15) is 36.8 Å². The second-order valence-electron chi connectivity index (χ2n) is 7.32. The molecule has 3 rings (SSSR count). The van der Waals surface area contributed by atoms with Gasteiger partial charge in [-0.1, -0.05) is 67.0 Å². The third-order valence-electron chi connectivity index (χ3n) is 4.59. The van der Waals surface area contributed by atoms with Crippen LogP contribution in [-0.2, 0) is 24.5 Å². The molecule has 0 radical (unpaired) electrons. The molecule has 0 aliphatic carbocycles. The van der Waals surface area contributed by atoms with Gasteiger partial charge in [0.25, 0.3) is 0 Å². The van der Waals surface area contributed by atoms with Gasteiger partial charge in [-0.25, -0.2) is 4.98 Å². The zero-order valence-corrected chi connectivity index (χ0v) is 20.2. The van der Waals surface area contributed by atoms with Crippen molar-refractivity contribution in [3.05, 3.63) is 82.2 Å². The highest BCUT2D eigenvalue weighted by Gasteiger charge is 2.20. The second-order valence-corrected chi connectivity index (χ2v) is 9.26. The van der Waals surface area contributed by atoms with Crippen LogP contribution in [0.3, 0.4) is 0 Å². The van der Waals surface area contributed by atoms with Crippen LogP contribution in [0, 0.1) is 0 Å². The van der Waals surface area contributed by atoms with Gasteiger partial charge in [0.05, 0.1) is 19.4 Å². The minimum absolute atomic E-state index is 0.253. The molecular weight excluding hydrogens is 451 g/mol. The van der Waals surface area contributed by atoms with Crippen molar-refractivity contribution >= 4 is 35.0 Å². The molecule has 2 aromatic carbocycles. The van der Waals surface area contributed by atoms with E-state index in [0.29, 0.717) is 29.8 Å². The van der Waals surface area contributed by atoms with Crippen molar-refractivity contribution in [2.24, 2.45) is 0 Å². The minimum Gasteiger partial charge on any atom is -0.497 e. The van der Waals surface area contributed by atoms with Crippen LogP contribution in [0.4, 0.5) is 0 Å². The molecule has 31 heavy (non-hydrogen) atoms. The first-order valence-corrected chi connectivity index (χ1v) is 11.5. The lowest BCUT2D eigenvalue weighted by Gasteiger charge is -2.12. The standard InChI is InChI=1S/C24H26Cl2N2O2S/c1-5-10-28-22(15-30-14-17-6-8-20(29-4)9-7-17)27-23(16(2)3)24(28)31-21-12-18(25)11-19(26)13-21/h5-9,11-13,16H,1,10,14-15H2,2-4H3. The normalized spacial score (nSPS) is 11.2. The summed E-state index contributed by atoms with van der Waals surface area (Å²) in [6.45, 7) is 9.72. The highest BCUT2D eigenvalue weighted by atomic mass is 35.5. The maximum atomic E-state index is 6.21. The van der Waals surface area contributed by atoms with E-state index >= 15 is 0 Å². The quantitative estimate of drug-likeness (QED) is 0.286. The van der Waals surface area contributed by atoms with E-state index in [1.807, 2.05) is 42.5 Å². The van der Waals surface area contributed by atoms with Gasteiger partial charge in [-0.3, -0.25) is 0 Å². The van der Waals surface area contributed by atoms with Gasteiger partial charge < -0.3 is 14.0 Å². The molecule has 0 saturated carbocycles. The number of benzene rings is 2. The third-order valence-corrected chi connectivity index (χ3v) is 6.12. The number of rotatable bonds is 10. The van der Waals surface area contributed by atoms with Crippen LogP contribution in [-0.4, -0.2) is 16.7 Å². The Kier molecular flexibility index (Phi) is 8.50. The largest absolute Gasteiger partial charge is 0.497 e. The van der Waals surface area contributed by atoms with E-state index in [1.165, 1.54) is 0 Å². The molecular formula is C24H26Cl2N2O2S. The molecule has 0 aliphatic heterocycles. The number of hydrogen-bond donors (Lipinski definition) is 0. The van der Waals surface area contributed by atoms with Crippen molar-refractivity contribution in [3.8, 4) is 5.75 Å². The molecule has 1 aromatic heterocycles. The fraction of sp³-hybridized carbons (Fsp3) is 0.292. The Morgan fingerprint density at radius 1 is 1.10 bits per heavy atom. The molecule has 0 aliphatic rings. The molecule has 0 amide bonds. The molecule has 3 aromatic rings. The SMILES string of the molecule is C=CCn1c(COCc2ccc(OC)cc2)nc(C(C)C)c1Sc1cc(Cl)cc(Cl)c1. The molecule has 0 bridgehead atoms. The summed E-state index contributed by atoms with van der Waals surface area (Å²) in [5, 5.41) is 2.27. The molecule has 164 valence electrons. The highest BCUT2D eigenvalue weighted by Crippen LogP contribution is 2.37. The van der Waals surface area contributed by atoms with Crippen LogP contribution < -0.4 is 4.74 Å². The number of allylic oxidation sites excluding steroid dienone is 1. The lowest BCUT2D eigenvalue weighted by molar-refractivity contribution is 0.0991. The molecule has 0 atom stereocenters. The number of methoxy groups -OCH3 is 1. The van der Waals surface area contributed by atoms with Gasteiger partial charge in [-0.15, -0.1) is 6.58 Å². The van der Waals surface area contributed by atoms with Crippen molar-refractivity contribution in [2.75, 3.05) is 7.11 Å². The van der Waals surface area contributed by atoms with Crippen LogP contribution in [0.25, 0.3) is 0 Å². The Bertz CT molecular complexity index is 1010. The van der Waals surface area contributed by atoms with Crippen LogP contribution >= 0.6 is 35.0 Å². The smallest absolute Gasteiger partial charge is 0.136 e. The summed E-state index contributed by atoms with van der Waals surface area (Å²) >= 11 is 14.0. The average molecular weight is 477 g/mol. The summed E-state index contributed by atoms with van der Waals surface area (Å²) in [4.78, 5) is 5.88. The predicted octanol–water partition coefficient (Wildman–Crippen LogP) is 7.38. The lowest BCUT2D eigenvalue weighted by atomic mass is 10.1. The first-order chi connectivity index (χ1) is 14.9. The Morgan fingerprint density at radius 2 is 1.77 bits per heavy atom. The number of ether oxygens (including phenoxy) is 2. The molecule has 4 nitrogen and oxygen atoms in total. The van der Waals surface area contributed by atoms with Crippen molar-refractivity contribution in [1.29, 1.82) is 0 Å². The summed E-state index contributed by atoms with van der Waals surface area (Å²) in [7, 11) is 1.66. The van der Waals surface area contributed by atoms with Gasteiger partial charge >= 0.3 is 0 Å². The summed E-state index contributed by atoms with van der Waals surface area (Å²) in [6.07, 6.45) is 1.87. The zero-order valence-electron chi connectivity index (χ0n) is 17.9. The number of halogens is 2. The van der Waals surface area contributed by atoms with E-state index < -0.39 is 0 Å². The van der Waals surface area contributed by atoms with Crippen molar-refractivity contribution < 1.29 is 9.47 Å². The van der Waals surface area contributed by atoms with Gasteiger partial charge in [-0.05, 0) is 41.8 Å². The zero-order chi connectivity index (χ0) is 22.4. The average Bonchev–Trinajstić information content (AvgIpc) is 3.06. The minimum atomic E-state index is 0.253. The fourth-order valence-corrected chi connectivity index (χ4v) is 5.02. The summed E-state index contributed by atoms with van der Waals surface area (Å²) < 4.78 is 13.3. The Balaban J connectivity index is 1.83. The van der Waals surface area contributed by atoms with Crippen LogP contribution in [0.5, 0.6) is 5.75 Å². The van der Waals surface area contributed by atoms with Crippen molar-refractivity contribution in [2.45, 2.75) is 49.4 Å². The van der Waals surface area contributed by atoms with E-state index in [2.05, 4.69) is 25.0 Å². The van der Waals surface area contributed by atoms with Gasteiger partial charge in [0.1, 0.15) is 23.2 Å². The lowest BCUT2D eigenvalue weighted by Crippen LogP contribution is -2.06. The third kappa shape index (κ3) is 6.30. The fourth-order valence-electron chi connectivity index (χ4n) is 3.09. The van der Waals surface area contributed by atoms with Gasteiger partial charge in [-0.2, -0.15) is 0 Å². The molecule has 1 heterocycles. The van der Waals surface area contributed by atoms with Crippen molar-refractivity contribution in [3.63, 3.8) is 0 Å². The van der Waals surface area contributed by atoms with Gasteiger partial charge in [0.15, 0.2) is 0 Å². The van der Waals surface area contributed by atoms with Crippen LogP contribution in [0.15, 0.2) is 65.0 Å². The summed E-state index contributed by atoms with van der Waals surface area (Å²) in [5.41, 5.74) is 2.10. The second kappa shape index (κ2) is 11.1. The Hall–Kier alpha value is -1.92. The van der Waals surface area contributed by atoms with E-state index in [-0.39, 0.29) is 5.92 Å². The first-order valence-electron chi connectivity index (χ1n) is 9.96. The predicted molar refractivity (Wildman–Crippen MR) is 129 cm³/mol.